The van der Waals surface area contributed by atoms with Crippen LogP contribution >= 0.6 is 0 Å². The summed E-state index contributed by atoms with van der Waals surface area (Å²) in [6, 6.07) is 4.68. The van der Waals surface area contributed by atoms with E-state index in [0.29, 0.717) is 30.5 Å². The van der Waals surface area contributed by atoms with Crippen molar-refractivity contribution >= 4 is 23.4 Å². The van der Waals surface area contributed by atoms with Crippen molar-refractivity contribution in [3.05, 3.63) is 34.9 Å². The number of nitrogens with zero attached hydrogens (tertiary/aromatic N) is 1. The topological polar surface area (TPSA) is 83.6 Å². The first-order valence-electron chi connectivity index (χ1n) is 10.1. The third kappa shape index (κ3) is 3.15. The number of amides is 2. The SMILES string of the molecule is C[C@H](NC(=O)c1ccc2c(c1)CN(C1CCC(=O)CC1=O)C2=O)C1(C)CCC1. The molecule has 1 heterocycles. The summed E-state index contributed by atoms with van der Waals surface area (Å²) in [4.78, 5) is 50.7. The predicted molar refractivity (Wildman–Crippen MR) is 103 cm³/mol. The predicted octanol–water partition coefficient (Wildman–Crippen LogP) is 2.64. The van der Waals surface area contributed by atoms with Gasteiger partial charge in [0.25, 0.3) is 11.8 Å². The van der Waals surface area contributed by atoms with E-state index in [4.69, 9.17) is 0 Å². The van der Waals surface area contributed by atoms with Gasteiger partial charge in [-0.1, -0.05) is 13.3 Å². The summed E-state index contributed by atoms with van der Waals surface area (Å²) in [5.41, 5.74) is 2.01. The highest BCUT2D eigenvalue weighted by Gasteiger charge is 2.40. The first-order chi connectivity index (χ1) is 13.3. The van der Waals surface area contributed by atoms with Gasteiger partial charge in [0.15, 0.2) is 5.78 Å². The van der Waals surface area contributed by atoms with E-state index in [-0.39, 0.29) is 41.3 Å². The van der Waals surface area contributed by atoms with E-state index in [2.05, 4.69) is 12.2 Å². The van der Waals surface area contributed by atoms with Gasteiger partial charge < -0.3 is 10.2 Å². The number of fused-ring (bicyclic) bond motifs is 1. The van der Waals surface area contributed by atoms with E-state index in [1.54, 1.807) is 23.1 Å². The number of hydrogen-bond donors (Lipinski definition) is 1. The van der Waals surface area contributed by atoms with Crippen molar-refractivity contribution < 1.29 is 19.2 Å². The summed E-state index contributed by atoms with van der Waals surface area (Å²) in [6.07, 6.45) is 4.09. The quantitative estimate of drug-likeness (QED) is 0.812. The molecule has 2 aliphatic carbocycles. The van der Waals surface area contributed by atoms with Crippen LogP contribution in [0.1, 0.15) is 78.7 Å². The summed E-state index contributed by atoms with van der Waals surface area (Å²) >= 11 is 0. The number of rotatable bonds is 4. The van der Waals surface area contributed by atoms with Gasteiger partial charge in [-0.3, -0.25) is 19.2 Å². The van der Waals surface area contributed by atoms with Crippen LogP contribution in [-0.4, -0.2) is 40.4 Å². The zero-order valence-electron chi connectivity index (χ0n) is 16.4. The number of hydrogen-bond acceptors (Lipinski definition) is 4. The van der Waals surface area contributed by atoms with E-state index in [1.807, 2.05) is 6.92 Å². The Morgan fingerprint density at radius 2 is 2.00 bits per heavy atom. The highest BCUT2D eigenvalue weighted by atomic mass is 16.2. The fourth-order valence-electron chi connectivity index (χ4n) is 4.55. The van der Waals surface area contributed by atoms with Crippen LogP contribution in [0.4, 0.5) is 0 Å². The number of nitrogens with one attached hydrogen (secondary N) is 1. The van der Waals surface area contributed by atoms with Crippen molar-refractivity contribution in [2.24, 2.45) is 5.41 Å². The summed E-state index contributed by atoms with van der Waals surface area (Å²) in [5.74, 6) is -0.560. The molecule has 0 bridgehead atoms. The van der Waals surface area contributed by atoms with Crippen LogP contribution in [-0.2, 0) is 16.1 Å². The lowest BCUT2D eigenvalue weighted by Crippen LogP contribution is -2.47. The average molecular weight is 382 g/mol. The second kappa shape index (κ2) is 6.83. The lowest BCUT2D eigenvalue weighted by molar-refractivity contribution is -0.133. The fourth-order valence-corrected chi connectivity index (χ4v) is 4.55. The summed E-state index contributed by atoms with van der Waals surface area (Å²) in [6.45, 7) is 4.56. The zero-order chi connectivity index (χ0) is 20.1. The van der Waals surface area contributed by atoms with Crippen molar-refractivity contribution in [2.45, 2.75) is 71.0 Å². The highest BCUT2D eigenvalue weighted by molar-refractivity contribution is 6.08. The van der Waals surface area contributed by atoms with Gasteiger partial charge in [-0.05, 0) is 55.4 Å². The Kier molecular flexibility index (Phi) is 4.60. The van der Waals surface area contributed by atoms with Crippen LogP contribution in [0.3, 0.4) is 0 Å². The van der Waals surface area contributed by atoms with Crippen LogP contribution in [0.5, 0.6) is 0 Å². The Hall–Kier alpha value is -2.50. The molecule has 1 aromatic carbocycles. The molecule has 3 aliphatic rings. The zero-order valence-corrected chi connectivity index (χ0v) is 16.4. The molecule has 2 atom stereocenters. The van der Waals surface area contributed by atoms with Crippen molar-refractivity contribution in [2.75, 3.05) is 0 Å². The van der Waals surface area contributed by atoms with E-state index < -0.39 is 6.04 Å². The van der Waals surface area contributed by atoms with E-state index in [9.17, 15) is 19.2 Å². The lowest BCUT2D eigenvalue weighted by atomic mass is 9.66. The Morgan fingerprint density at radius 3 is 2.64 bits per heavy atom. The molecule has 0 radical (unpaired) electrons. The van der Waals surface area contributed by atoms with Crippen LogP contribution in [0.2, 0.25) is 0 Å². The lowest BCUT2D eigenvalue weighted by Gasteiger charge is -2.43. The average Bonchev–Trinajstić information content (AvgIpc) is 2.95. The van der Waals surface area contributed by atoms with Crippen molar-refractivity contribution in [1.29, 1.82) is 0 Å². The molecule has 1 aliphatic heterocycles. The molecule has 148 valence electrons. The highest BCUT2D eigenvalue weighted by Crippen LogP contribution is 2.43. The summed E-state index contributed by atoms with van der Waals surface area (Å²) in [7, 11) is 0. The molecular weight excluding hydrogens is 356 g/mol. The Bertz CT molecular complexity index is 871. The van der Waals surface area contributed by atoms with Gasteiger partial charge in [0.2, 0.25) is 0 Å². The second-order valence-corrected chi connectivity index (χ2v) is 8.74. The molecule has 6 heteroatoms. The van der Waals surface area contributed by atoms with E-state index >= 15 is 0 Å². The van der Waals surface area contributed by atoms with Crippen LogP contribution in [0.15, 0.2) is 18.2 Å². The maximum atomic E-state index is 12.7. The van der Waals surface area contributed by atoms with E-state index in [1.165, 1.54) is 6.42 Å². The minimum absolute atomic E-state index is 0.0568. The molecule has 4 rings (SSSR count). The summed E-state index contributed by atoms with van der Waals surface area (Å²) in [5, 5.41) is 3.10. The standard InChI is InChI=1S/C22H26N2O4/c1-13(22(2)8-3-9-22)23-20(27)14-4-6-17-15(10-14)12-24(21(17)28)18-7-5-16(25)11-19(18)26/h4,6,10,13,18H,3,5,7-9,11-12H2,1-2H3,(H,23,27)/t13-,18?/m0/s1. The van der Waals surface area contributed by atoms with Crippen LogP contribution < -0.4 is 5.32 Å². The van der Waals surface area contributed by atoms with Gasteiger partial charge >= 0.3 is 0 Å². The van der Waals surface area contributed by atoms with Gasteiger partial charge in [-0.25, -0.2) is 0 Å². The van der Waals surface area contributed by atoms with Gasteiger partial charge in [0.1, 0.15) is 5.78 Å². The molecule has 1 aromatic rings. The molecular formula is C22H26N2O4. The minimum Gasteiger partial charge on any atom is -0.349 e. The molecule has 2 fully saturated rings. The van der Waals surface area contributed by atoms with Crippen molar-refractivity contribution in [1.82, 2.24) is 10.2 Å². The number of carbonyl (C=O) groups is 4. The van der Waals surface area contributed by atoms with Gasteiger partial charge in [0.05, 0.1) is 12.5 Å². The molecule has 28 heavy (non-hydrogen) atoms. The number of ketones is 2. The monoisotopic (exact) mass is 382 g/mol. The Morgan fingerprint density at radius 1 is 1.25 bits per heavy atom. The summed E-state index contributed by atoms with van der Waals surface area (Å²) < 4.78 is 0. The maximum absolute atomic E-state index is 12.7. The molecule has 0 aromatic heterocycles. The molecule has 0 spiro atoms. The maximum Gasteiger partial charge on any atom is 0.255 e. The Labute approximate surface area is 164 Å². The number of Topliss-reactive ketones (excluding diaryl/α,β-unsaturated/α-hetero) is 2. The fraction of sp³-hybridized carbons (Fsp3) is 0.545. The molecule has 2 saturated carbocycles. The first kappa shape index (κ1) is 18.8. The molecule has 6 nitrogen and oxygen atoms in total. The van der Waals surface area contributed by atoms with E-state index in [0.717, 1.165) is 18.4 Å². The molecule has 0 saturated heterocycles. The second-order valence-electron chi connectivity index (χ2n) is 8.74. The largest absolute Gasteiger partial charge is 0.349 e. The number of carbonyl (C=O) groups excluding carboxylic acids is 4. The van der Waals surface area contributed by atoms with Gasteiger partial charge in [-0.15, -0.1) is 0 Å². The Balaban J connectivity index is 1.48. The molecule has 1 N–H and O–H groups in total. The van der Waals surface area contributed by atoms with Crippen LogP contribution in [0.25, 0.3) is 0 Å². The van der Waals surface area contributed by atoms with Crippen molar-refractivity contribution in [3.63, 3.8) is 0 Å². The van der Waals surface area contributed by atoms with Gasteiger partial charge in [0, 0.05) is 30.1 Å². The smallest absolute Gasteiger partial charge is 0.255 e. The third-order valence-electron chi connectivity index (χ3n) is 6.90. The molecule has 1 unspecified atom stereocenters. The normalized spacial score (nSPS) is 24.6. The number of benzene rings is 1. The van der Waals surface area contributed by atoms with Crippen molar-refractivity contribution in [3.8, 4) is 0 Å². The van der Waals surface area contributed by atoms with Gasteiger partial charge in [-0.2, -0.15) is 0 Å². The minimum atomic E-state index is -0.534. The third-order valence-corrected chi connectivity index (χ3v) is 6.90. The van der Waals surface area contributed by atoms with Crippen LogP contribution in [0, 0.1) is 5.41 Å². The first-order valence-corrected chi connectivity index (χ1v) is 10.1. The molecule has 2 amide bonds.